The third-order valence-electron chi connectivity index (χ3n) is 5.98. The zero-order valence-corrected chi connectivity index (χ0v) is 26.7. The first-order chi connectivity index (χ1) is 17.3. The Morgan fingerprint density at radius 3 is 0.676 bits per heavy atom. The first-order valence-electron chi connectivity index (χ1n) is 15.0. The maximum absolute atomic E-state index is 10.1. The topological polar surface area (TPSA) is 112 Å². The molecule has 0 atom stereocenters. The largest absolute Gasteiger partial charge is 0.481 e. The normalized spacial score (nSPS) is 9.81. The van der Waals surface area contributed by atoms with Crippen molar-refractivity contribution in [3.63, 3.8) is 0 Å². The van der Waals surface area contributed by atoms with E-state index in [4.69, 9.17) is 15.3 Å². The molecule has 0 aliphatic rings. The summed E-state index contributed by atoms with van der Waals surface area (Å²) >= 11 is 0. The van der Waals surface area contributed by atoms with E-state index in [0.717, 1.165) is 38.5 Å². The van der Waals surface area contributed by atoms with Crippen LogP contribution in [0.15, 0.2) is 0 Å². The molecule has 0 spiro atoms. The molecule has 0 saturated carbocycles. The third-order valence-corrected chi connectivity index (χ3v) is 5.98. The summed E-state index contributed by atoms with van der Waals surface area (Å²) in [5, 5.41) is 25.1. The number of unbranched alkanes of at least 4 members (excludes halogenated alkanes) is 18. The van der Waals surface area contributed by atoms with Gasteiger partial charge in [0.15, 0.2) is 0 Å². The molecule has 0 aromatic rings. The Bertz CT molecular complexity index is 404. The van der Waals surface area contributed by atoms with Crippen molar-refractivity contribution in [2.24, 2.45) is 0 Å². The standard InChI is InChI=1S/3C10H20O2.Gd/c3*1-2-3-4-5-6-7-8-9-10(11)12;/h3*2-9H2,1H3,(H,11,12);. The van der Waals surface area contributed by atoms with Crippen molar-refractivity contribution in [2.75, 3.05) is 0 Å². The molecule has 0 unspecified atom stereocenters. The smallest absolute Gasteiger partial charge is 0.303 e. The fraction of sp³-hybridized carbons (Fsp3) is 0.900. The first kappa shape index (κ1) is 43.8. The number of rotatable bonds is 24. The molecule has 0 heterocycles. The number of carboxylic acids is 3. The Labute approximate surface area is 260 Å². The maximum atomic E-state index is 10.1. The molecular weight excluding hydrogens is 614 g/mol. The van der Waals surface area contributed by atoms with Crippen molar-refractivity contribution in [3.8, 4) is 0 Å². The third kappa shape index (κ3) is 56.9. The molecule has 0 aromatic heterocycles. The quantitative estimate of drug-likeness (QED) is 0.0880. The molecule has 0 amide bonds. The van der Waals surface area contributed by atoms with E-state index in [1.807, 2.05) is 0 Å². The molecule has 0 rings (SSSR count). The van der Waals surface area contributed by atoms with Crippen LogP contribution < -0.4 is 0 Å². The van der Waals surface area contributed by atoms with Crippen LogP contribution in [0.1, 0.15) is 175 Å². The summed E-state index contributed by atoms with van der Waals surface area (Å²) in [6.45, 7) is 6.60. The Kier molecular flexibility index (Phi) is 47.6. The van der Waals surface area contributed by atoms with Crippen molar-refractivity contribution < 1.29 is 69.6 Å². The molecule has 0 saturated heterocycles. The van der Waals surface area contributed by atoms with Crippen molar-refractivity contribution >= 4 is 17.9 Å². The van der Waals surface area contributed by atoms with Crippen LogP contribution in [0.4, 0.5) is 0 Å². The van der Waals surface area contributed by atoms with Crippen LogP contribution in [0.2, 0.25) is 0 Å². The number of carboxylic acid groups (broad SMARTS) is 3. The summed E-state index contributed by atoms with van der Waals surface area (Å²) in [7, 11) is 0. The molecule has 224 valence electrons. The fourth-order valence-electron chi connectivity index (χ4n) is 3.70. The second-order valence-electron chi connectivity index (χ2n) is 9.80. The molecule has 6 nitrogen and oxygen atoms in total. The summed E-state index contributed by atoms with van der Waals surface area (Å²) < 4.78 is 0. The molecule has 0 radical (unpaired) electrons. The molecule has 3 N–H and O–H groups in total. The Hall–Kier alpha value is -0.265. The van der Waals surface area contributed by atoms with Gasteiger partial charge in [-0.15, -0.1) is 0 Å². The van der Waals surface area contributed by atoms with Gasteiger partial charge in [0.05, 0.1) is 0 Å². The van der Waals surface area contributed by atoms with E-state index in [9.17, 15) is 14.4 Å². The summed E-state index contributed by atoms with van der Waals surface area (Å²) in [5.74, 6) is -1.99. The molecule has 37 heavy (non-hydrogen) atoms. The second kappa shape index (κ2) is 40.2. The van der Waals surface area contributed by atoms with Crippen LogP contribution in [0.25, 0.3) is 0 Å². The number of carbonyl (C=O) groups is 3. The molecule has 7 heteroatoms. The summed E-state index contributed by atoms with van der Waals surface area (Å²) in [4.78, 5) is 30.4. The van der Waals surface area contributed by atoms with E-state index in [0.29, 0.717) is 19.3 Å². The molecule has 0 aromatic carbocycles. The predicted octanol–water partition coefficient (Wildman–Crippen LogP) is 9.64. The fourth-order valence-corrected chi connectivity index (χ4v) is 3.70. The second-order valence-corrected chi connectivity index (χ2v) is 9.80. The number of hydrogen-bond donors (Lipinski definition) is 3. The zero-order chi connectivity index (χ0) is 27.7. The van der Waals surface area contributed by atoms with E-state index in [2.05, 4.69) is 20.8 Å². The van der Waals surface area contributed by atoms with E-state index in [1.165, 1.54) is 96.3 Å². The zero-order valence-electron chi connectivity index (χ0n) is 24.4. The van der Waals surface area contributed by atoms with Crippen LogP contribution in [-0.2, 0) is 14.4 Å². The summed E-state index contributed by atoms with van der Waals surface area (Å²) in [6, 6.07) is 0. The van der Waals surface area contributed by atoms with E-state index >= 15 is 0 Å². The van der Waals surface area contributed by atoms with Crippen LogP contribution >= 0.6 is 0 Å². The minimum atomic E-state index is -0.663. The van der Waals surface area contributed by atoms with Crippen molar-refractivity contribution in [1.82, 2.24) is 0 Å². The minimum Gasteiger partial charge on any atom is -0.481 e. The molecular formula is C30H60GdO6. The van der Waals surface area contributed by atoms with Crippen molar-refractivity contribution in [1.29, 1.82) is 0 Å². The molecule has 0 fully saturated rings. The SMILES string of the molecule is CCCCCCCCCC(=O)O.CCCCCCCCCC(=O)O.CCCCCCCCCC(=O)O.[Gd]. The Morgan fingerprint density at radius 2 is 0.514 bits per heavy atom. The molecule has 0 aliphatic carbocycles. The molecule has 0 aliphatic heterocycles. The van der Waals surface area contributed by atoms with Gasteiger partial charge in [-0.05, 0) is 19.3 Å². The van der Waals surface area contributed by atoms with Gasteiger partial charge in [0.25, 0.3) is 0 Å². The van der Waals surface area contributed by atoms with Crippen molar-refractivity contribution in [3.05, 3.63) is 0 Å². The average molecular weight is 674 g/mol. The predicted molar refractivity (Wildman–Crippen MR) is 151 cm³/mol. The van der Waals surface area contributed by atoms with Gasteiger partial charge >= 0.3 is 17.9 Å². The van der Waals surface area contributed by atoms with E-state index in [-0.39, 0.29) is 39.9 Å². The minimum absolute atomic E-state index is 0. The van der Waals surface area contributed by atoms with Gasteiger partial charge in [0.1, 0.15) is 0 Å². The first-order valence-corrected chi connectivity index (χ1v) is 15.0. The molecule has 0 bridgehead atoms. The number of aliphatic carboxylic acids is 3. The van der Waals surface area contributed by atoms with Crippen molar-refractivity contribution in [2.45, 2.75) is 175 Å². The van der Waals surface area contributed by atoms with Gasteiger partial charge in [0.2, 0.25) is 0 Å². The van der Waals surface area contributed by atoms with E-state index < -0.39 is 17.9 Å². The number of hydrogen-bond acceptors (Lipinski definition) is 3. The average Bonchev–Trinajstić information content (AvgIpc) is 2.83. The van der Waals surface area contributed by atoms with Gasteiger partial charge in [-0.1, -0.05) is 136 Å². The summed E-state index contributed by atoms with van der Waals surface area (Å²) in [5.41, 5.74) is 0. The van der Waals surface area contributed by atoms with Crippen LogP contribution in [0.3, 0.4) is 0 Å². The Morgan fingerprint density at radius 1 is 0.351 bits per heavy atom. The van der Waals surface area contributed by atoms with Gasteiger partial charge < -0.3 is 15.3 Å². The van der Waals surface area contributed by atoms with Gasteiger partial charge in [-0.2, -0.15) is 0 Å². The Balaban J connectivity index is -0.000000218. The maximum Gasteiger partial charge on any atom is 0.303 e. The van der Waals surface area contributed by atoms with Crippen LogP contribution in [0, 0.1) is 39.9 Å². The van der Waals surface area contributed by atoms with Gasteiger partial charge in [-0.3, -0.25) is 14.4 Å². The van der Waals surface area contributed by atoms with Crippen LogP contribution in [0.5, 0.6) is 0 Å². The van der Waals surface area contributed by atoms with Gasteiger partial charge in [0, 0.05) is 59.2 Å². The summed E-state index contributed by atoms with van der Waals surface area (Å²) in [6.07, 6.45) is 25.9. The monoisotopic (exact) mass is 674 g/mol. The van der Waals surface area contributed by atoms with E-state index in [1.54, 1.807) is 0 Å². The van der Waals surface area contributed by atoms with Gasteiger partial charge in [-0.25, -0.2) is 0 Å². The van der Waals surface area contributed by atoms with Crippen LogP contribution in [-0.4, -0.2) is 33.2 Å².